The molecule has 0 bridgehead atoms. The van der Waals surface area contributed by atoms with Crippen molar-refractivity contribution in [2.75, 3.05) is 29.4 Å². The maximum Gasteiger partial charge on any atom is 0.253 e. The van der Waals surface area contributed by atoms with Gasteiger partial charge in [0, 0.05) is 18.2 Å². The number of rotatable bonds is 7. The first kappa shape index (κ1) is 22.0. The molecule has 1 aliphatic rings. The van der Waals surface area contributed by atoms with Gasteiger partial charge in [-0.1, -0.05) is 35.5 Å². The highest BCUT2D eigenvalue weighted by molar-refractivity contribution is 7.92. The van der Waals surface area contributed by atoms with Gasteiger partial charge in [0.25, 0.3) is 5.91 Å². The molecule has 1 amide bonds. The van der Waals surface area contributed by atoms with E-state index in [0.29, 0.717) is 25.2 Å². The molecule has 0 aliphatic carbocycles. The minimum atomic E-state index is -3.79. The SMILES string of the molecule is CS(=O)(=O)N(c1sc(C(=O)c2cc(-c3ccccc3)no2)c(N)c1C(N)=O)C1CCNC1. The number of anilines is 2. The molecule has 3 aromatic rings. The van der Waals surface area contributed by atoms with Gasteiger partial charge in [0.05, 0.1) is 23.5 Å². The Hall–Kier alpha value is -3.22. The second-order valence-corrected chi connectivity index (χ2v) is 10.2. The number of aromatic nitrogens is 1. The van der Waals surface area contributed by atoms with Crippen molar-refractivity contribution in [1.29, 1.82) is 0 Å². The van der Waals surface area contributed by atoms with Crippen LogP contribution in [0.15, 0.2) is 40.9 Å². The van der Waals surface area contributed by atoms with Crippen molar-refractivity contribution in [3.05, 3.63) is 52.6 Å². The van der Waals surface area contributed by atoms with Crippen molar-refractivity contribution < 1.29 is 22.5 Å². The Morgan fingerprint density at radius 3 is 2.59 bits per heavy atom. The third-order valence-electron chi connectivity index (χ3n) is 5.11. The van der Waals surface area contributed by atoms with E-state index in [1.807, 2.05) is 30.3 Å². The van der Waals surface area contributed by atoms with Gasteiger partial charge >= 0.3 is 0 Å². The highest BCUT2D eigenvalue weighted by Crippen LogP contribution is 2.42. The van der Waals surface area contributed by atoms with Gasteiger partial charge in [-0.05, 0) is 13.0 Å². The number of nitrogens with zero attached hydrogens (tertiary/aromatic N) is 2. The molecule has 1 aliphatic heterocycles. The fourth-order valence-corrected chi connectivity index (χ4v) is 6.44. The summed E-state index contributed by atoms with van der Waals surface area (Å²) < 4.78 is 31.6. The van der Waals surface area contributed by atoms with Crippen LogP contribution in [0.5, 0.6) is 0 Å². The van der Waals surface area contributed by atoms with Crippen LogP contribution in [0.2, 0.25) is 0 Å². The van der Waals surface area contributed by atoms with Gasteiger partial charge in [-0.25, -0.2) is 8.42 Å². The highest BCUT2D eigenvalue weighted by atomic mass is 32.2. The molecule has 4 rings (SSSR count). The Kier molecular flexibility index (Phi) is 5.75. The summed E-state index contributed by atoms with van der Waals surface area (Å²) in [7, 11) is -3.79. The number of sulfonamides is 1. The average Bonchev–Trinajstić information content (AvgIpc) is 3.48. The number of carbonyl (C=O) groups is 2. The molecule has 3 heterocycles. The molecule has 10 nitrogen and oxygen atoms in total. The minimum absolute atomic E-state index is 0.0253. The molecule has 0 spiro atoms. The van der Waals surface area contributed by atoms with E-state index in [1.165, 1.54) is 6.07 Å². The second-order valence-electron chi connectivity index (χ2n) is 7.37. The molecule has 168 valence electrons. The number of nitrogens with two attached hydrogens (primary N) is 2. The topological polar surface area (TPSA) is 162 Å². The highest BCUT2D eigenvalue weighted by Gasteiger charge is 2.37. The normalized spacial score (nSPS) is 16.2. The van der Waals surface area contributed by atoms with Crippen LogP contribution in [0, 0.1) is 0 Å². The number of primary amides is 1. The molecule has 2 aromatic heterocycles. The van der Waals surface area contributed by atoms with Crippen molar-refractivity contribution in [3.8, 4) is 11.3 Å². The number of carbonyl (C=O) groups excluding carboxylic acids is 2. The number of nitrogen functional groups attached to an aromatic ring is 1. The molecular weight excluding hydrogens is 454 g/mol. The molecule has 12 heteroatoms. The van der Waals surface area contributed by atoms with E-state index in [0.717, 1.165) is 27.5 Å². The maximum absolute atomic E-state index is 13.2. The lowest BCUT2D eigenvalue weighted by Crippen LogP contribution is -2.41. The van der Waals surface area contributed by atoms with Crippen molar-refractivity contribution >= 4 is 43.7 Å². The van der Waals surface area contributed by atoms with Gasteiger partial charge in [0.1, 0.15) is 15.6 Å². The number of amides is 1. The first-order chi connectivity index (χ1) is 15.2. The molecule has 0 saturated carbocycles. The standard InChI is InChI=1S/C20H21N5O5S2/c1-32(28,29)25(12-7-8-23-10-12)20-15(19(22)27)16(21)18(31-20)17(26)14-9-13(24-30-14)11-5-3-2-4-6-11/h2-6,9,12,23H,7-8,10,21H2,1H3,(H2,22,27). The fraction of sp³-hybridized carbons (Fsp3) is 0.250. The van der Waals surface area contributed by atoms with E-state index < -0.39 is 27.8 Å². The number of thiophene rings is 1. The van der Waals surface area contributed by atoms with Gasteiger partial charge in [-0.15, -0.1) is 11.3 Å². The van der Waals surface area contributed by atoms with E-state index >= 15 is 0 Å². The molecule has 0 radical (unpaired) electrons. The number of nitrogens with one attached hydrogen (secondary N) is 1. The van der Waals surface area contributed by atoms with Crippen molar-refractivity contribution in [3.63, 3.8) is 0 Å². The van der Waals surface area contributed by atoms with Crippen LogP contribution in [0.1, 0.15) is 32.2 Å². The summed E-state index contributed by atoms with van der Waals surface area (Å²) in [4.78, 5) is 25.3. The average molecular weight is 476 g/mol. The first-order valence-corrected chi connectivity index (χ1v) is 12.3. The summed E-state index contributed by atoms with van der Waals surface area (Å²) in [5.74, 6) is -1.63. The Labute approximate surface area is 188 Å². The molecule has 1 saturated heterocycles. The Morgan fingerprint density at radius 1 is 1.28 bits per heavy atom. The first-order valence-electron chi connectivity index (χ1n) is 9.67. The van der Waals surface area contributed by atoms with E-state index in [-0.39, 0.29) is 26.9 Å². The van der Waals surface area contributed by atoms with Crippen molar-refractivity contribution in [2.45, 2.75) is 12.5 Å². The Bertz CT molecular complexity index is 1280. The van der Waals surface area contributed by atoms with Crippen LogP contribution < -0.4 is 21.1 Å². The van der Waals surface area contributed by atoms with Gasteiger partial charge in [-0.2, -0.15) is 0 Å². The summed E-state index contributed by atoms with van der Waals surface area (Å²) in [6, 6.07) is 10.2. The minimum Gasteiger partial charge on any atom is -0.397 e. The lowest BCUT2D eigenvalue weighted by molar-refractivity contribution is 0.1000. The van der Waals surface area contributed by atoms with Crippen LogP contribution >= 0.6 is 11.3 Å². The molecule has 1 aromatic carbocycles. The lowest BCUT2D eigenvalue weighted by atomic mass is 10.1. The summed E-state index contributed by atoms with van der Waals surface area (Å²) in [6.07, 6.45) is 1.57. The number of hydrogen-bond acceptors (Lipinski definition) is 9. The van der Waals surface area contributed by atoms with Gasteiger partial charge < -0.3 is 21.3 Å². The summed E-state index contributed by atoms with van der Waals surface area (Å²) in [5.41, 5.74) is 12.5. The van der Waals surface area contributed by atoms with Gasteiger partial charge in [0.15, 0.2) is 0 Å². The Morgan fingerprint density at radius 2 is 2.00 bits per heavy atom. The monoisotopic (exact) mass is 475 g/mol. The molecule has 5 N–H and O–H groups in total. The zero-order chi connectivity index (χ0) is 23.0. The number of hydrogen-bond donors (Lipinski definition) is 3. The predicted molar refractivity (Wildman–Crippen MR) is 121 cm³/mol. The predicted octanol–water partition coefficient (Wildman–Crippen LogP) is 1.44. The van der Waals surface area contributed by atoms with E-state index in [9.17, 15) is 18.0 Å². The van der Waals surface area contributed by atoms with E-state index in [1.54, 1.807) is 0 Å². The third kappa shape index (κ3) is 3.99. The molecular formula is C20H21N5O5S2. The quantitative estimate of drug-likeness (QED) is 0.432. The van der Waals surface area contributed by atoms with E-state index in [2.05, 4.69) is 10.5 Å². The molecule has 1 unspecified atom stereocenters. The van der Waals surface area contributed by atoms with Crippen LogP contribution in [-0.2, 0) is 10.0 Å². The largest absolute Gasteiger partial charge is 0.397 e. The zero-order valence-corrected chi connectivity index (χ0v) is 18.7. The zero-order valence-electron chi connectivity index (χ0n) is 17.1. The smallest absolute Gasteiger partial charge is 0.253 e. The summed E-state index contributed by atoms with van der Waals surface area (Å²) >= 11 is 0.800. The molecule has 1 atom stereocenters. The maximum atomic E-state index is 13.2. The second kappa shape index (κ2) is 8.37. The van der Waals surface area contributed by atoms with Crippen molar-refractivity contribution in [1.82, 2.24) is 10.5 Å². The van der Waals surface area contributed by atoms with Crippen LogP contribution in [0.4, 0.5) is 10.7 Å². The van der Waals surface area contributed by atoms with Gasteiger partial charge in [0.2, 0.25) is 21.6 Å². The molecule has 1 fully saturated rings. The number of ketones is 1. The summed E-state index contributed by atoms with van der Waals surface area (Å²) in [6.45, 7) is 1.02. The van der Waals surface area contributed by atoms with Gasteiger partial charge in [-0.3, -0.25) is 13.9 Å². The van der Waals surface area contributed by atoms with Crippen LogP contribution in [0.3, 0.4) is 0 Å². The third-order valence-corrected chi connectivity index (χ3v) is 7.62. The summed E-state index contributed by atoms with van der Waals surface area (Å²) in [5, 5.41) is 7.04. The van der Waals surface area contributed by atoms with Crippen LogP contribution in [-0.4, -0.2) is 50.7 Å². The van der Waals surface area contributed by atoms with Crippen LogP contribution in [0.25, 0.3) is 11.3 Å². The number of benzene rings is 1. The molecule has 32 heavy (non-hydrogen) atoms. The Balaban J connectivity index is 1.78. The fourth-order valence-electron chi connectivity index (χ4n) is 3.66. The van der Waals surface area contributed by atoms with E-state index in [4.69, 9.17) is 16.0 Å². The van der Waals surface area contributed by atoms with Crippen molar-refractivity contribution in [2.24, 2.45) is 5.73 Å². The lowest BCUT2D eigenvalue weighted by Gasteiger charge is -2.27.